The topological polar surface area (TPSA) is 34.4 Å². The van der Waals surface area contributed by atoms with Crippen LogP contribution >= 0.6 is 0 Å². The van der Waals surface area contributed by atoms with Crippen LogP contribution in [-0.4, -0.2) is 25.9 Å². The van der Waals surface area contributed by atoms with Crippen molar-refractivity contribution in [2.75, 3.05) is 19.8 Å². The van der Waals surface area contributed by atoms with E-state index in [-0.39, 0.29) is 13.2 Å². The lowest BCUT2D eigenvalue weighted by Gasteiger charge is -2.07. The van der Waals surface area contributed by atoms with Gasteiger partial charge in [-0.2, -0.15) is 13.2 Å². The van der Waals surface area contributed by atoms with E-state index in [2.05, 4.69) is 5.32 Å². The number of hydrogen-bond acceptors (Lipinski definition) is 3. The molecule has 0 fully saturated rings. The number of ether oxygens (including phenoxy) is 1. The van der Waals surface area contributed by atoms with Crippen LogP contribution in [0.25, 0.3) is 0 Å². The fourth-order valence-electron chi connectivity index (χ4n) is 1.06. The van der Waals surface area contributed by atoms with Crippen molar-refractivity contribution in [3.8, 4) is 0 Å². The lowest BCUT2D eigenvalue weighted by Crippen LogP contribution is -2.20. The highest BCUT2D eigenvalue weighted by molar-refractivity contribution is 4.97. The number of halogens is 3. The zero-order valence-corrected chi connectivity index (χ0v) is 8.72. The predicted octanol–water partition coefficient (Wildman–Crippen LogP) is 2.34. The molecule has 0 aliphatic carbocycles. The van der Waals surface area contributed by atoms with Crippen LogP contribution in [0.3, 0.4) is 0 Å². The molecule has 0 radical (unpaired) electrons. The van der Waals surface area contributed by atoms with Crippen LogP contribution in [0, 0.1) is 0 Å². The van der Waals surface area contributed by atoms with Crippen molar-refractivity contribution in [1.82, 2.24) is 5.32 Å². The summed E-state index contributed by atoms with van der Waals surface area (Å²) < 4.78 is 45.0. The number of alkyl halides is 3. The maximum Gasteiger partial charge on any atom is 0.391 e. The van der Waals surface area contributed by atoms with Gasteiger partial charge in [0.05, 0.1) is 32.4 Å². The summed E-state index contributed by atoms with van der Waals surface area (Å²) in [5, 5.41) is 2.99. The lowest BCUT2D eigenvalue weighted by atomic mass is 10.4. The van der Waals surface area contributed by atoms with Crippen molar-refractivity contribution in [2.24, 2.45) is 0 Å². The number of furan rings is 1. The van der Waals surface area contributed by atoms with Gasteiger partial charge in [-0.1, -0.05) is 0 Å². The third-order valence-electron chi connectivity index (χ3n) is 1.83. The molecular weight excluding hydrogens is 223 g/mol. The second-order valence-electron chi connectivity index (χ2n) is 3.23. The monoisotopic (exact) mass is 237 g/mol. The highest BCUT2D eigenvalue weighted by Gasteiger charge is 2.26. The van der Waals surface area contributed by atoms with Gasteiger partial charge in [-0.15, -0.1) is 0 Å². The van der Waals surface area contributed by atoms with Gasteiger partial charge < -0.3 is 14.5 Å². The zero-order chi connectivity index (χ0) is 11.9. The summed E-state index contributed by atoms with van der Waals surface area (Å²) in [5.74, 6) is 0.787. The summed E-state index contributed by atoms with van der Waals surface area (Å²) >= 11 is 0. The Bertz CT molecular complexity index is 272. The molecule has 0 bridgehead atoms. The summed E-state index contributed by atoms with van der Waals surface area (Å²) in [6.07, 6.45) is -3.47. The molecule has 0 saturated heterocycles. The van der Waals surface area contributed by atoms with E-state index in [9.17, 15) is 13.2 Å². The quantitative estimate of drug-likeness (QED) is 0.739. The average Bonchev–Trinajstić information content (AvgIpc) is 2.67. The Labute approximate surface area is 91.6 Å². The zero-order valence-electron chi connectivity index (χ0n) is 8.72. The maximum atomic E-state index is 11.7. The van der Waals surface area contributed by atoms with E-state index in [1.165, 1.54) is 0 Å². The van der Waals surface area contributed by atoms with Crippen LogP contribution in [-0.2, 0) is 11.3 Å². The van der Waals surface area contributed by atoms with E-state index in [0.29, 0.717) is 13.1 Å². The molecule has 1 rings (SSSR count). The molecule has 16 heavy (non-hydrogen) atoms. The van der Waals surface area contributed by atoms with E-state index in [1.54, 1.807) is 12.3 Å². The van der Waals surface area contributed by atoms with E-state index < -0.39 is 12.6 Å². The van der Waals surface area contributed by atoms with Crippen molar-refractivity contribution in [2.45, 2.75) is 19.1 Å². The highest BCUT2D eigenvalue weighted by Crippen LogP contribution is 2.18. The number of rotatable bonds is 7. The van der Waals surface area contributed by atoms with Crippen LogP contribution < -0.4 is 5.32 Å². The Morgan fingerprint density at radius 1 is 1.31 bits per heavy atom. The molecular formula is C10H14F3NO2. The van der Waals surface area contributed by atoms with Gasteiger partial charge in [-0.3, -0.25) is 0 Å². The first-order valence-electron chi connectivity index (χ1n) is 4.95. The third-order valence-corrected chi connectivity index (χ3v) is 1.83. The molecule has 1 aromatic heterocycles. The van der Waals surface area contributed by atoms with Gasteiger partial charge in [-0.25, -0.2) is 0 Å². The average molecular weight is 237 g/mol. The summed E-state index contributed by atoms with van der Waals surface area (Å²) in [7, 11) is 0. The largest absolute Gasteiger partial charge is 0.468 e. The molecule has 0 amide bonds. The molecule has 6 heteroatoms. The van der Waals surface area contributed by atoms with Crippen molar-refractivity contribution in [3.05, 3.63) is 24.2 Å². The first-order valence-corrected chi connectivity index (χ1v) is 4.95. The Morgan fingerprint density at radius 3 is 2.75 bits per heavy atom. The predicted molar refractivity (Wildman–Crippen MR) is 51.9 cm³/mol. The summed E-state index contributed by atoms with van der Waals surface area (Å²) in [6.45, 7) is 1.02. The molecule has 0 aromatic carbocycles. The molecule has 0 aliphatic rings. The van der Waals surface area contributed by atoms with Gasteiger partial charge in [-0.05, 0) is 12.1 Å². The molecule has 0 saturated carbocycles. The first-order chi connectivity index (χ1) is 7.58. The van der Waals surface area contributed by atoms with Gasteiger partial charge in [0.1, 0.15) is 5.76 Å². The van der Waals surface area contributed by atoms with Crippen molar-refractivity contribution >= 4 is 0 Å². The van der Waals surface area contributed by atoms with E-state index in [0.717, 1.165) is 5.76 Å². The van der Waals surface area contributed by atoms with Crippen molar-refractivity contribution < 1.29 is 22.3 Å². The normalized spacial score (nSPS) is 11.9. The summed E-state index contributed by atoms with van der Waals surface area (Å²) in [4.78, 5) is 0. The van der Waals surface area contributed by atoms with Crippen LogP contribution in [0.4, 0.5) is 13.2 Å². The van der Waals surface area contributed by atoms with Crippen LogP contribution in [0.1, 0.15) is 12.2 Å². The molecule has 0 atom stereocenters. The van der Waals surface area contributed by atoms with Gasteiger partial charge in [0.25, 0.3) is 0 Å². The standard InChI is InChI=1S/C10H14F3NO2/c11-10(12,13)3-6-15-7-4-14-8-9-2-1-5-16-9/h1-2,5,14H,3-4,6-8H2. The number of nitrogens with one attached hydrogen (secondary N) is 1. The maximum absolute atomic E-state index is 11.7. The van der Waals surface area contributed by atoms with Gasteiger partial charge >= 0.3 is 6.18 Å². The fourth-order valence-corrected chi connectivity index (χ4v) is 1.06. The second kappa shape index (κ2) is 6.55. The lowest BCUT2D eigenvalue weighted by molar-refractivity contribution is -0.145. The Kier molecular flexibility index (Phi) is 5.34. The summed E-state index contributed by atoms with van der Waals surface area (Å²) in [6, 6.07) is 3.59. The third kappa shape index (κ3) is 6.47. The van der Waals surface area contributed by atoms with E-state index >= 15 is 0 Å². The fraction of sp³-hybridized carbons (Fsp3) is 0.600. The molecule has 92 valence electrons. The Morgan fingerprint density at radius 2 is 2.12 bits per heavy atom. The van der Waals surface area contributed by atoms with Gasteiger partial charge in [0, 0.05) is 6.54 Å². The Balaban J connectivity index is 1.89. The smallest absolute Gasteiger partial charge is 0.391 e. The molecule has 1 N–H and O–H groups in total. The van der Waals surface area contributed by atoms with Crippen molar-refractivity contribution in [1.29, 1.82) is 0 Å². The van der Waals surface area contributed by atoms with Crippen molar-refractivity contribution in [3.63, 3.8) is 0 Å². The minimum Gasteiger partial charge on any atom is -0.468 e. The molecule has 0 unspecified atom stereocenters. The van der Waals surface area contributed by atoms with Gasteiger partial charge in [0.15, 0.2) is 0 Å². The molecule has 3 nitrogen and oxygen atoms in total. The van der Waals surface area contributed by atoms with Gasteiger partial charge in [0.2, 0.25) is 0 Å². The van der Waals surface area contributed by atoms with Crippen LogP contribution in [0.15, 0.2) is 22.8 Å². The molecule has 0 aliphatic heterocycles. The number of hydrogen-bond donors (Lipinski definition) is 1. The SMILES string of the molecule is FC(F)(F)CCOCCNCc1ccco1. The first kappa shape index (κ1) is 13.1. The molecule has 1 aromatic rings. The minimum absolute atomic E-state index is 0.261. The van der Waals surface area contributed by atoms with E-state index in [1.807, 2.05) is 6.07 Å². The minimum atomic E-state index is -4.14. The molecule has 1 heterocycles. The van der Waals surface area contributed by atoms with E-state index in [4.69, 9.17) is 9.15 Å². The highest BCUT2D eigenvalue weighted by atomic mass is 19.4. The second-order valence-corrected chi connectivity index (χ2v) is 3.23. The van der Waals surface area contributed by atoms with Crippen LogP contribution in [0.2, 0.25) is 0 Å². The van der Waals surface area contributed by atoms with Crippen LogP contribution in [0.5, 0.6) is 0 Å². The summed E-state index contributed by atoms with van der Waals surface area (Å²) in [5.41, 5.74) is 0. The molecule has 0 spiro atoms. The Hall–Kier alpha value is -1.01.